The standard InChI is InChI=1S/C22H20ClN3O3S/c1-15-19(16-7-9-18(23)10-8-16)30-21(24-15)22(26(28)29)11-13-25(14-12-22)20(27)17-5-3-2-4-6-17/h2-10H,11-14H2,1H3. The van der Waals surface area contributed by atoms with Crippen LogP contribution in [-0.2, 0) is 5.54 Å². The quantitative estimate of drug-likeness (QED) is 0.413. The van der Waals surface area contributed by atoms with Gasteiger partial charge in [-0.25, -0.2) is 4.98 Å². The predicted molar refractivity (Wildman–Crippen MR) is 118 cm³/mol. The van der Waals surface area contributed by atoms with Crippen molar-refractivity contribution in [1.29, 1.82) is 0 Å². The van der Waals surface area contributed by atoms with Crippen molar-refractivity contribution in [2.24, 2.45) is 0 Å². The largest absolute Gasteiger partial charge is 0.338 e. The van der Waals surface area contributed by atoms with Gasteiger partial charge in [0.05, 0.1) is 10.6 Å². The normalized spacial score (nSPS) is 15.7. The minimum atomic E-state index is -1.27. The highest BCUT2D eigenvalue weighted by Crippen LogP contribution is 2.42. The van der Waals surface area contributed by atoms with Crippen molar-refractivity contribution < 1.29 is 9.72 Å². The molecular weight excluding hydrogens is 422 g/mol. The molecule has 3 aromatic rings. The molecule has 0 radical (unpaired) electrons. The Balaban J connectivity index is 1.59. The van der Waals surface area contributed by atoms with Gasteiger partial charge >= 0.3 is 0 Å². The van der Waals surface area contributed by atoms with E-state index < -0.39 is 5.54 Å². The molecule has 1 aromatic heterocycles. The van der Waals surface area contributed by atoms with E-state index in [2.05, 4.69) is 4.98 Å². The predicted octanol–water partition coefficient (Wildman–Crippen LogP) is 5.18. The molecule has 4 rings (SSSR count). The van der Waals surface area contributed by atoms with E-state index in [-0.39, 0.29) is 23.7 Å². The molecule has 0 atom stereocenters. The zero-order chi connectivity index (χ0) is 21.3. The van der Waals surface area contributed by atoms with Crippen LogP contribution in [-0.4, -0.2) is 33.8 Å². The average Bonchev–Trinajstić information content (AvgIpc) is 3.16. The summed E-state index contributed by atoms with van der Waals surface area (Å²) in [7, 11) is 0. The number of carbonyl (C=O) groups excluding carboxylic acids is 1. The molecule has 6 nitrogen and oxygen atoms in total. The number of amides is 1. The summed E-state index contributed by atoms with van der Waals surface area (Å²) >= 11 is 7.34. The van der Waals surface area contributed by atoms with Gasteiger partial charge in [-0.2, -0.15) is 0 Å². The maximum atomic E-state index is 12.7. The first-order chi connectivity index (χ1) is 14.4. The zero-order valence-electron chi connectivity index (χ0n) is 16.4. The van der Waals surface area contributed by atoms with E-state index in [4.69, 9.17) is 11.6 Å². The minimum Gasteiger partial charge on any atom is -0.338 e. The molecule has 2 heterocycles. The number of aromatic nitrogens is 1. The molecule has 0 unspecified atom stereocenters. The van der Waals surface area contributed by atoms with Gasteiger partial charge in [0.2, 0.25) is 0 Å². The summed E-state index contributed by atoms with van der Waals surface area (Å²) < 4.78 is 0. The summed E-state index contributed by atoms with van der Waals surface area (Å²) in [5, 5.41) is 13.3. The van der Waals surface area contributed by atoms with Crippen molar-refractivity contribution in [2.45, 2.75) is 25.3 Å². The topological polar surface area (TPSA) is 76.3 Å². The Hall–Kier alpha value is -2.77. The number of carbonyl (C=O) groups is 1. The lowest BCUT2D eigenvalue weighted by atomic mass is 9.88. The first kappa shape index (κ1) is 20.5. The van der Waals surface area contributed by atoms with E-state index in [9.17, 15) is 14.9 Å². The first-order valence-corrected chi connectivity index (χ1v) is 10.8. The van der Waals surface area contributed by atoms with Gasteiger partial charge in [-0.1, -0.05) is 41.9 Å². The van der Waals surface area contributed by atoms with E-state index in [1.807, 2.05) is 37.3 Å². The molecule has 0 aliphatic carbocycles. The monoisotopic (exact) mass is 441 g/mol. The summed E-state index contributed by atoms with van der Waals surface area (Å²) in [4.78, 5) is 31.9. The van der Waals surface area contributed by atoms with E-state index in [1.165, 1.54) is 11.3 Å². The molecule has 154 valence electrons. The van der Waals surface area contributed by atoms with E-state index in [0.29, 0.717) is 28.7 Å². The third-order valence-corrected chi connectivity index (χ3v) is 7.20. The number of nitro groups is 1. The van der Waals surface area contributed by atoms with Crippen molar-refractivity contribution in [1.82, 2.24) is 9.88 Å². The number of halogens is 1. The molecule has 8 heteroatoms. The van der Waals surface area contributed by atoms with Crippen LogP contribution in [0.25, 0.3) is 10.4 Å². The van der Waals surface area contributed by atoms with Gasteiger partial charge in [0, 0.05) is 41.4 Å². The van der Waals surface area contributed by atoms with Gasteiger partial charge < -0.3 is 4.90 Å². The lowest BCUT2D eigenvalue weighted by molar-refractivity contribution is -0.584. The molecule has 0 saturated carbocycles. The number of likely N-dealkylation sites (tertiary alicyclic amines) is 1. The Kier molecular flexibility index (Phi) is 5.58. The molecule has 1 fully saturated rings. The first-order valence-electron chi connectivity index (χ1n) is 9.63. The van der Waals surface area contributed by atoms with Crippen molar-refractivity contribution in [3.05, 3.63) is 86.0 Å². The Labute approximate surface area is 183 Å². The molecular formula is C22H20ClN3O3S. The average molecular weight is 442 g/mol. The Morgan fingerprint density at radius 3 is 2.37 bits per heavy atom. The summed E-state index contributed by atoms with van der Waals surface area (Å²) in [5.41, 5.74) is 1.03. The van der Waals surface area contributed by atoms with Crippen LogP contribution in [0.2, 0.25) is 5.02 Å². The Morgan fingerprint density at radius 2 is 1.77 bits per heavy atom. The van der Waals surface area contributed by atoms with Crippen LogP contribution in [0.4, 0.5) is 0 Å². The lowest BCUT2D eigenvalue weighted by Crippen LogP contribution is -2.49. The molecule has 0 spiro atoms. The SMILES string of the molecule is Cc1nc(C2([N+](=O)[O-])CCN(C(=O)c3ccccc3)CC2)sc1-c1ccc(Cl)cc1. The molecule has 0 bridgehead atoms. The molecule has 2 aromatic carbocycles. The Morgan fingerprint density at radius 1 is 1.13 bits per heavy atom. The highest BCUT2D eigenvalue weighted by Gasteiger charge is 2.51. The molecule has 30 heavy (non-hydrogen) atoms. The van der Waals surface area contributed by atoms with Gasteiger partial charge in [-0.05, 0) is 36.8 Å². The lowest BCUT2D eigenvalue weighted by Gasteiger charge is -2.34. The number of benzene rings is 2. The fraction of sp³-hybridized carbons (Fsp3) is 0.273. The van der Waals surface area contributed by atoms with E-state index in [1.54, 1.807) is 29.2 Å². The van der Waals surface area contributed by atoms with Gasteiger partial charge in [0.25, 0.3) is 11.4 Å². The third kappa shape index (κ3) is 3.70. The van der Waals surface area contributed by atoms with E-state index >= 15 is 0 Å². The second-order valence-electron chi connectivity index (χ2n) is 7.39. The van der Waals surface area contributed by atoms with Crippen LogP contribution in [0.3, 0.4) is 0 Å². The van der Waals surface area contributed by atoms with Crippen molar-refractivity contribution in [2.75, 3.05) is 13.1 Å². The minimum absolute atomic E-state index is 0.0929. The van der Waals surface area contributed by atoms with E-state index in [0.717, 1.165) is 16.1 Å². The number of aryl methyl sites for hydroxylation is 1. The number of thiazole rings is 1. The summed E-state index contributed by atoms with van der Waals surface area (Å²) in [6, 6.07) is 16.4. The van der Waals surface area contributed by atoms with Crippen LogP contribution >= 0.6 is 22.9 Å². The summed E-state index contributed by atoms with van der Waals surface area (Å²) in [5.74, 6) is -0.0929. The second-order valence-corrected chi connectivity index (χ2v) is 8.82. The van der Waals surface area contributed by atoms with Gasteiger partial charge in [0.15, 0.2) is 5.01 Å². The Bertz CT molecular complexity index is 1070. The maximum Gasteiger partial charge on any atom is 0.276 e. The van der Waals surface area contributed by atoms with Crippen LogP contribution in [0.15, 0.2) is 54.6 Å². The van der Waals surface area contributed by atoms with Crippen LogP contribution < -0.4 is 0 Å². The molecule has 1 aliphatic heterocycles. The van der Waals surface area contributed by atoms with Crippen LogP contribution in [0, 0.1) is 17.0 Å². The zero-order valence-corrected chi connectivity index (χ0v) is 17.9. The van der Waals surface area contributed by atoms with Crippen molar-refractivity contribution >= 4 is 28.8 Å². The summed E-state index contributed by atoms with van der Waals surface area (Å²) in [6.07, 6.45) is 0.483. The molecule has 1 amide bonds. The molecule has 0 N–H and O–H groups in total. The van der Waals surface area contributed by atoms with Gasteiger partial charge in [0.1, 0.15) is 0 Å². The second kappa shape index (κ2) is 8.16. The number of rotatable bonds is 4. The maximum absolute atomic E-state index is 12.7. The highest BCUT2D eigenvalue weighted by atomic mass is 35.5. The third-order valence-electron chi connectivity index (χ3n) is 5.55. The highest BCUT2D eigenvalue weighted by molar-refractivity contribution is 7.15. The summed E-state index contributed by atoms with van der Waals surface area (Å²) in [6.45, 7) is 2.51. The number of hydrogen-bond acceptors (Lipinski definition) is 5. The van der Waals surface area contributed by atoms with Crippen molar-refractivity contribution in [3.8, 4) is 10.4 Å². The van der Waals surface area contributed by atoms with Crippen LogP contribution in [0.5, 0.6) is 0 Å². The van der Waals surface area contributed by atoms with Gasteiger partial charge in [-0.3, -0.25) is 14.9 Å². The number of nitrogens with zero attached hydrogens (tertiary/aromatic N) is 3. The molecule has 1 aliphatic rings. The number of piperidine rings is 1. The molecule has 1 saturated heterocycles. The smallest absolute Gasteiger partial charge is 0.276 e. The fourth-order valence-corrected chi connectivity index (χ4v) is 5.20. The van der Waals surface area contributed by atoms with Gasteiger partial charge in [-0.15, -0.1) is 11.3 Å². The number of hydrogen-bond donors (Lipinski definition) is 0. The van der Waals surface area contributed by atoms with Crippen LogP contribution in [0.1, 0.15) is 33.9 Å². The fourth-order valence-electron chi connectivity index (χ4n) is 3.78. The van der Waals surface area contributed by atoms with Crippen molar-refractivity contribution in [3.63, 3.8) is 0 Å².